The number of aromatic nitrogens is 2. The molecule has 0 unspecified atom stereocenters. The molecule has 0 aliphatic heterocycles. The van der Waals surface area contributed by atoms with Crippen molar-refractivity contribution in [1.82, 2.24) is 20.6 Å². The molecule has 0 saturated heterocycles. The van der Waals surface area contributed by atoms with Crippen molar-refractivity contribution in [2.75, 3.05) is 0 Å². The average molecular weight is 402 g/mol. The van der Waals surface area contributed by atoms with Crippen molar-refractivity contribution < 1.29 is 19.4 Å². The maximum absolute atomic E-state index is 12.2. The summed E-state index contributed by atoms with van der Waals surface area (Å²) >= 11 is 0. The van der Waals surface area contributed by atoms with Gasteiger partial charge in [-0.05, 0) is 31.2 Å². The zero-order valence-corrected chi connectivity index (χ0v) is 15.6. The molecule has 2 aromatic rings. The second-order valence-corrected chi connectivity index (χ2v) is 6.86. The SMILES string of the molecule is O=C(N[C@H]1CC[C@@H](NC(=O)c2[nH]c(=O)[nH]c(=O)c2O)CC1)OCc1ccccc1. The number of carbonyl (C=O) groups excluding carboxylic acids is 2. The third-order valence-corrected chi connectivity index (χ3v) is 4.74. The monoisotopic (exact) mass is 402 g/mol. The molecule has 154 valence electrons. The number of aromatic hydroxyl groups is 1. The van der Waals surface area contributed by atoms with Gasteiger partial charge in [0, 0.05) is 12.1 Å². The largest absolute Gasteiger partial charge is 0.501 e. The Morgan fingerprint density at radius 2 is 1.62 bits per heavy atom. The Balaban J connectivity index is 1.44. The van der Waals surface area contributed by atoms with Gasteiger partial charge in [0.05, 0.1) is 0 Å². The van der Waals surface area contributed by atoms with Crippen molar-refractivity contribution in [2.24, 2.45) is 0 Å². The second-order valence-electron chi connectivity index (χ2n) is 6.86. The van der Waals surface area contributed by atoms with E-state index in [9.17, 15) is 24.3 Å². The summed E-state index contributed by atoms with van der Waals surface area (Å²) in [4.78, 5) is 50.8. The van der Waals surface area contributed by atoms with Gasteiger partial charge in [-0.15, -0.1) is 0 Å². The lowest BCUT2D eigenvalue weighted by Gasteiger charge is -2.29. The number of ether oxygens (including phenoxy) is 1. The van der Waals surface area contributed by atoms with Crippen LogP contribution >= 0.6 is 0 Å². The summed E-state index contributed by atoms with van der Waals surface area (Å²) in [6, 6.07) is 9.08. The van der Waals surface area contributed by atoms with Crippen molar-refractivity contribution in [3.05, 3.63) is 62.4 Å². The van der Waals surface area contributed by atoms with Gasteiger partial charge >= 0.3 is 11.8 Å². The van der Waals surface area contributed by atoms with E-state index < -0.39 is 34.7 Å². The highest BCUT2D eigenvalue weighted by atomic mass is 16.5. The van der Waals surface area contributed by atoms with Gasteiger partial charge in [-0.3, -0.25) is 19.6 Å². The third-order valence-electron chi connectivity index (χ3n) is 4.74. The number of amides is 2. The van der Waals surface area contributed by atoms with Crippen LogP contribution in [0.3, 0.4) is 0 Å². The van der Waals surface area contributed by atoms with Crippen molar-refractivity contribution in [1.29, 1.82) is 0 Å². The Morgan fingerprint density at radius 1 is 1.00 bits per heavy atom. The molecule has 1 saturated carbocycles. The molecular weight excluding hydrogens is 380 g/mol. The number of nitrogens with one attached hydrogen (secondary N) is 4. The number of aromatic amines is 2. The Morgan fingerprint density at radius 3 is 2.28 bits per heavy atom. The van der Waals surface area contributed by atoms with E-state index in [1.54, 1.807) is 0 Å². The number of hydrogen-bond acceptors (Lipinski definition) is 6. The first-order valence-electron chi connectivity index (χ1n) is 9.26. The second kappa shape index (κ2) is 9.09. The summed E-state index contributed by atoms with van der Waals surface area (Å²) in [5.74, 6) is -1.57. The Bertz CT molecular complexity index is 976. The van der Waals surface area contributed by atoms with Crippen molar-refractivity contribution in [3.8, 4) is 5.75 Å². The van der Waals surface area contributed by atoms with Crippen LogP contribution in [0, 0.1) is 0 Å². The van der Waals surface area contributed by atoms with Gasteiger partial charge in [-0.25, -0.2) is 9.59 Å². The first kappa shape index (κ1) is 20.2. The topological polar surface area (TPSA) is 153 Å². The van der Waals surface area contributed by atoms with E-state index in [2.05, 4.69) is 15.6 Å². The standard InChI is InChI=1S/C19H22N4O6/c24-15-14(22-18(27)23-17(15)26)16(25)20-12-6-8-13(9-7-12)21-19(28)29-10-11-4-2-1-3-5-11/h1-5,12-13,24H,6-10H2,(H,20,25)(H,21,28)(H2,22,23,26,27)/t12-,13+. The molecule has 1 aliphatic rings. The zero-order chi connectivity index (χ0) is 20.8. The van der Waals surface area contributed by atoms with Crippen LogP contribution in [-0.2, 0) is 11.3 Å². The molecule has 2 amide bonds. The average Bonchev–Trinajstić information content (AvgIpc) is 2.71. The van der Waals surface area contributed by atoms with Crippen LogP contribution < -0.4 is 21.9 Å². The number of hydrogen-bond donors (Lipinski definition) is 5. The highest BCUT2D eigenvalue weighted by Gasteiger charge is 2.25. The van der Waals surface area contributed by atoms with E-state index in [1.165, 1.54) is 0 Å². The first-order valence-corrected chi connectivity index (χ1v) is 9.26. The lowest BCUT2D eigenvalue weighted by Crippen LogP contribution is -2.44. The van der Waals surface area contributed by atoms with Crippen molar-refractivity contribution in [2.45, 2.75) is 44.4 Å². The molecule has 0 radical (unpaired) electrons. The third kappa shape index (κ3) is 5.47. The maximum Gasteiger partial charge on any atom is 0.407 e. The molecule has 0 atom stereocenters. The highest BCUT2D eigenvalue weighted by molar-refractivity contribution is 5.94. The Labute approximate surface area is 165 Å². The zero-order valence-electron chi connectivity index (χ0n) is 15.6. The minimum atomic E-state index is -1.03. The van der Waals surface area contributed by atoms with Crippen molar-refractivity contribution >= 4 is 12.0 Å². The van der Waals surface area contributed by atoms with Gasteiger partial charge in [0.15, 0.2) is 5.69 Å². The molecule has 1 aromatic carbocycles. The van der Waals surface area contributed by atoms with Gasteiger partial charge in [0.25, 0.3) is 11.5 Å². The summed E-state index contributed by atoms with van der Waals surface area (Å²) in [6.45, 7) is 0.190. The van der Waals surface area contributed by atoms with E-state index in [4.69, 9.17) is 4.74 Å². The molecule has 29 heavy (non-hydrogen) atoms. The predicted octanol–water partition coefficient (Wildman–Crippen LogP) is 0.736. The van der Waals surface area contributed by atoms with Crippen molar-refractivity contribution in [3.63, 3.8) is 0 Å². The quantitative estimate of drug-likeness (QED) is 0.497. The lowest BCUT2D eigenvalue weighted by atomic mass is 9.91. The van der Waals surface area contributed by atoms with Crippen LogP contribution in [-0.4, -0.2) is 39.2 Å². The lowest BCUT2D eigenvalue weighted by molar-refractivity contribution is 0.0911. The number of carbonyl (C=O) groups is 2. The summed E-state index contributed by atoms with van der Waals surface area (Å²) in [5, 5.41) is 15.2. The number of H-pyrrole nitrogens is 2. The molecule has 3 rings (SSSR count). The molecular formula is C19H22N4O6. The van der Waals surface area contributed by atoms with Crippen LogP contribution in [0.1, 0.15) is 41.7 Å². The van der Waals surface area contributed by atoms with E-state index in [-0.39, 0.29) is 18.7 Å². The fourth-order valence-electron chi connectivity index (χ4n) is 3.22. The molecule has 1 fully saturated rings. The summed E-state index contributed by atoms with van der Waals surface area (Å²) in [5.41, 5.74) is -1.47. The fourth-order valence-corrected chi connectivity index (χ4v) is 3.22. The fraction of sp³-hybridized carbons (Fsp3) is 0.368. The number of benzene rings is 1. The smallest absolute Gasteiger partial charge is 0.407 e. The van der Waals surface area contributed by atoms with E-state index >= 15 is 0 Å². The summed E-state index contributed by atoms with van der Waals surface area (Å²) in [7, 11) is 0. The minimum Gasteiger partial charge on any atom is -0.501 e. The number of alkyl carbamates (subject to hydrolysis) is 1. The van der Waals surface area contributed by atoms with Crippen LogP contribution in [0.2, 0.25) is 0 Å². The van der Waals surface area contributed by atoms with Gasteiger partial charge in [-0.1, -0.05) is 30.3 Å². The summed E-state index contributed by atoms with van der Waals surface area (Å²) < 4.78 is 5.20. The van der Waals surface area contributed by atoms with Gasteiger partial charge in [0.2, 0.25) is 5.75 Å². The molecule has 1 heterocycles. The number of rotatable bonds is 5. The maximum atomic E-state index is 12.2. The first-order chi connectivity index (χ1) is 13.9. The predicted molar refractivity (Wildman–Crippen MR) is 103 cm³/mol. The van der Waals surface area contributed by atoms with Crippen LogP contribution in [0.4, 0.5) is 4.79 Å². The molecule has 10 heteroatoms. The molecule has 0 spiro atoms. The molecule has 10 nitrogen and oxygen atoms in total. The van der Waals surface area contributed by atoms with Gasteiger partial charge < -0.3 is 20.5 Å². The molecule has 1 aromatic heterocycles. The Hall–Kier alpha value is -3.56. The Kier molecular flexibility index (Phi) is 6.32. The van der Waals surface area contributed by atoms with Crippen LogP contribution in [0.15, 0.2) is 39.9 Å². The van der Waals surface area contributed by atoms with Crippen LogP contribution in [0.5, 0.6) is 5.75 Å². The van der Waals surface area contributed by atoms with Crippen LogP contribution in [0.25, 0.3) is 0 Å². The minimum absolute atomic E-state index is 0.0702. The van der Waals surface area contributed by atoms with E-state index in [0.29, 0.717) is 25.7 Å². The highest BCUT2D eigenvalue weighted by Crippen LogP contribution is 2.19. The molecule has 0 bridgehead atoms. The van der Waals surface area contributed by atoms with E-state index in [0.717, 1.165) is 5.56 Å². The van der Waals surface area contributed by atoms with E-state index in [1.807, 2.05) is 35.3 Å². The normalized spacial score (nSPS) is 18.6. The summed E-state index contributed by atoms with van der Waals surface area (Å²) in [6.07, 6.45) is 1.94. The van der Waals surface area contributed by atoms with Gasteiger partial charge in [0.1, 0.15) is 6.61 Å². The van der Waals surface area contributed by atoms with Gasteiger partial charge in [-0.2, -0.15) is 0 Å². The molecule has 1 aliphatic carbocycles. The molecule has 5 N–H and O–H groups in total.